The Bertz CT molecular complexity index is 624. The molecule has 2 aromatic carbocycles. The van der Waals surface area contributed by atoms with Crippen LogP contribution in [-0.2, 0) is 6.42 Å². The lowest BCUT2D eigenvalue weighted by molar-refractivity contribution is 0.962. The second kappa shape index (κ2) is 6.93. The van der Waals surface area contributed by atoms with E-state index in [1.807, 2.05) is 0 Å². The molecule has 0 amide bonds. The predicted octanol–water partition coefficient (Wildman–Crippen LogP) is 3.58. The van der Waals surface area contributed by atoms with E-state index in [-0.39, 0.29) is 0 Å². The molecule has 0 spiro atoms. The largest absolute Gasteiger partial charge is 0.370 e. The number of aryl methyl sites for hydroxylation is 3. The summed E-state index contributed by atoms with van der Waals surface area (Å²) in [5.74, 6) is 0.465. The molecular weight excluding hydrogens is 258 g/mol. The number of anilines is 1. The number of rotatable bonds is 4. The molecular formula is C18H23N3. The van der Waals surface area contributed by atoms with Gasteiger partial charge in [0, 0.05) is 12.2 Å². The summed E-state index contributed by atoms with van der Waals surface area (Å²) in [5, 5.41) is 3.15. The van der Waals surface area contributed by atoms with E-state index in [9.17, 15) is 0 Å². The number of guanidine groups is 1. The van der Waals surface area contributed by atoms with E-state index in [0.717, 1.165) is 12.1 Å². The maximum Gasteiger partial charge on any atom is 0.193 e. The summed E-state index contributed by atoms with van der Waals surface area (Å²) in [5.41, 5.74) is 11.9. The van der Waals surface area contributed by atoms with Gasteiger partial charge in [0.05, 0.1) is 0 Å². The van der Waals surface area contributed by atoms with Crippen LogP contribution in [0.25, 0.3) is 0 Å². The molecule has 2 aromatic rings. The van der Waals surface area contributed by atoms with Gasteiger partial charge in [0.25, 0.3) is 0 Å². The van der Waals surface area contributed by atoms with Crippen molar-refractivity contribution >= 4 is 11.6 Å². The Morgan fingerprint density at radius 1 is 1.00 bits per heavy atom. The van der Waals surface area contributed by atoms with Crippen LogP contribution in [0.3, 0.4) is 0 Å². The van der Waals surface area contributed by atoms with Gasteiger partial charge in [-0.2, -0.15) is 0 Å². The van der Waals surface area contributed by atoms with E-state index < -0.39 is 0 Å². The Morgan fingerprint density at radius 2 is 1.71 bits per heavy atom. The van der Waals surface area contributed by atoms with Gasteiger partial charge < -0.3 is 11.1 Å². The molecule has 0 aromatic heterocycles. The van der Waals surface area contributed by atoms with E-state index in [4.69, 9.17) is 5.73 Å². The lowest BCUT2D eigenvalue weighted by atomic mass is 10.1. The third-order valence-electron chi connectivity index (χ3n) is 3.26. The minimum Gasteiger partial charge on any atom is -0.370 e. The van der Waals surface area contributed by atoms with E-state index in [0.29, 0.717) is 12.5 Å². The molecule has 3 heteroatoms. The fourth-order valence-corrected chi connectivity index (χ4v) is 2.41. The van der Waals surface area contributed by atoms with E-state index >= 15 is 0 Å². The predicted molar refractivity (Wildman–Crippen MR) is 90.9 cm³/mol. The van der Waals surface area contributed by atoms with Crippen molar-refractivity contribution in [2.45, 2.75) is 27.2 Å². The van der Waals surface area contributed by atoms with Gasteiger partial charge in [-0.25, -0.2) is 0 Å². The summed E-state index contributed by atoms with van der Waals surface area (Å²) >= 11 is 0. The molecule has 0 aliphatic heterocycles. The molecule has 0 unspecified atom stereocenters. The van der Waals surface area contributed by atoms with Gasteiger partial charge in [-0.05, 0) is 56.0 Å². The molecule has 21 heavy (non-hydrogen) atoms. The molecule has 0 saturated carbocycles. The molecule has 3 nitrogen and oxygen atoms in total. The quantitative estimate of drug-likeness (QED) is 0.665. The van der Waals surface area contributed by atoms with Gasteiger partial charge in [-0.15, -0.1) is 0 Å². The van der Waals surface area contributed by atoms with Crippen LogP contribution < -0.4 is 11.1 Å². The number of nitrogens with two attached hydrogens (primary N) is 1. The second-order valence-corrected chi connectivity index (χ2v) is 5.51. The van der Waals surface area contributed by atoms with Crippen molar-refractivity contribution in [3.05, 3.63) is 64.7 Å². The van der Waals surface area contributed by atoms with Crippen LogP contribution in [0, 0.1) is 20.8 Å². The molecule has 0 aliphatic carbocycles. The molecule has 110 valence electrons. The molecule has 0 radical (unpaired) electrons. The molecule has 0 heterocycles. The Morgan fingerprint density at radius 3 is 2.38 bits per heavy atom. The summed E-state index contributed by atoms with van der Waals surface area (Å²) in [6, 6.07) is 14.7. The second-order valence-electron chi connectivity index (χ2n) is 5.51. The summed E-state index contributed by atoms with van der Waals surface area (Å²) in [6.45, 7) is 6.93. The van der Waals surface area contributed by atoms with Crippen molar-refractivity contribution in [2.75, 3.05) is 11.9 Å². The third-order valence-corrected chi connectivity index (χ3v) is 3.26. The first kappa shape index (κ1) is 15.1. The normalized spacial score (nSPS) is 11.5. The van der Waals surface area contributed by atoms with Gasteiger partial charge in [0.1, 0.15) is 0 Å². The van der Waals surface area contributed by atoms with Crippen LogP contribution in [-0.4, -0.2) is 12.5 Å². The average molecular weight is 281 g/mol. The molecule has 0 atom stereocenters. The lowest BCUT2D eigenvalue weighted by Gasteiger charge is -2.08. The molecule has 0 saturated heterocycles. The van der Waals surface area contributed by atoms with Crippen LogP contribution in [0.5, 0.6) is 0 Å². The Balaban J connectivity index is 1.92. The summed E-state index contributed by atoms with van der Waals surface area (Å²) in [6.07, 6.45) is 0.900. The lowest BCUT2D eigenvalue weighted by Crippen LogP contribution is -2.23. The molecule has 0 bridgehead atoms. The van der Waals surface area contributed by atoms with Crippen LogP contribution in [0.1, 0.15) is 22.3 Å². The van der Waals surface area contributed by atoms with Gasteiger partial charge in [-0.1, -0.05) is 35.9 Å². The molecule has 3 N–H and O–H groups in total. The van der Waals surface area contributed by atoms with E-state index in [1.54, 1.807) is 0 Å². The van der Waals surface area contributed by atoms with Crippen LogP contribution in [0.2, 0.25) is 0 Å². The minimum atomic E-state index is 0.465. The number of nitrogens with one attached hydrogen (secondary N) is 1. The zero-order chi connectivity index (χ0) is 15.2. The highest BCUT2D eigenvalue weighted by Gasteiger charge is 1.98. The van der Waals surface area contributed by atoms with Crippen molar-refractivity contribution < 1.29 is 0 Å². The summed E-state index contributed by atoms with van der Waals surface area (Å²) < 4.78 is 0. The van der Waals surface area contributed by atoms with Crippen LogP contribution in [0.4, 0.5) is 5.69 Å². The monoisotopic (exact) mass is 281 g/mol. The number of hydrogen-bond donors (Lipinski definition) is 2. The Kier molecular flexibility index (Phi) is 4.99. The molecule has 2 rings (SSSR count). The van der Waals surface area contributed by atoms with Crippen molar-refractivity contribution in [3.8, 4) is 0 Å². The topological polar surface area (TPSA) is 50.4 Å². The van der Waals surface area contributed by atoms with Crippen molar-refractivity contribution in [1.29, 1.82) is 0 Å². The Hall–Kier alpha value is -2.29. The Labute approximate surface area is 126 Å². The number of aliphatic imine (C=N–C) groups is 1. The van der Waals surface area contributed by atoms with Crippen molar-refractivity contribution in [3.63, 3.8) is 0 Å². The van der Waals surface area contributed by atoms with Gasteiger partial charge in [0.15, 0.2) is 5.96 Å². The van der Waals surface area contributed by atoms with Crippen molar-refractivity contribution in [1.82, 2.24) is 0 Å². The van der Waals surface area contributed by atoms with Gasteiger partial charge in [0.2, 0.25) is 0 Å². The maximum atomic E-state index is 5.94. The molecule has 0 aliphatic rings. The smallest absolute Gasteiger partial charge is 0.193 e. The SMILES string of the molecule is Cc1cccc(CCN=C(N)Nc2cc(C)cc(C)c2)c1. The zero-order valence-electron chi connectivity index (χ0n) is 13.0. The third kappa shape index (κ3) is 4.95. The average Bonchev–Trinajstić information content (AvgIpc) is 2.37. The highest BCUT2D eigenvalue weighted by atomic mass is 15.1. The van der Waals surface area contributed by atoms with Crippen LogP contribution in [0.15, 0.2) is 47.5 Å². The van der Waals surface area contributed by atoms with Crippen molar-refractivity contribution in [2.24, 2.45) is 10.7 Å². The summed E-state index contributed by atoms with van der Waals surface area (Å²) in [4.78, 5) is 4.39. The first-order valence-corrected chi connectivity index (χ1v) is 7.24. The van der Waals surface area contributed by atoms with E-state index in [2.05, 4.69) is 73.5 Å². The number of nitrogens with zero attached hydrogens (tertiary/aromatic N) is 1. The standard InChI is InChI=1S/C18H23N3/c1-13-5-4-6-16(10-13)7-8-20-18(19)21-17-11-14(2)9-15(3)12-17/h4-6,9-12H,7-8H2,1-3H3,(H3,19,20,21). The number of hydrogen-bond acceptors (Lipinski definition) is 1. The highest BCUT2D eigenvalue weighted by molar-refractivity contribution is 5.92. The first-order chi connectivity index (χ1) is 10.0. The fraction of sp³-hybridized carbons (Fsp3) is 0.278. The fourth-order valence-electron chi connectivity index (χ4n) is 2.41. The molecule has 0 fully saturated rings. The zero-order valence-corrected chi connectivity index (χ0v) is 13.0. The van der Waals surface area contributed by atoms with E-state index in [1.165, 1.54) is 22.3 Å². The highest BCUT2D eigenvalue weighted by Crippen LogP contribution is 2.13. The van der Waals surface area contributed by atoms with Gasteiger partial charge in [-0.3, -0.25) is 4.99 Å². The first-order valence-electron chi connectivity index (χ1n) is 7.24. The summed E-state index contributed by atoms with van der Waals surface area (Å²) in [7, 11) is 0. The maximum absolute atomic E-state index is 5.94. The van der Waals surface area contributed by atoms with Gasteiger partial charge >= 0.3 is 0 Å². The van der Waals surface area contributed by atoms with Crippen LogP contribution >= 0.6 is 0 Å². The minimum absolute atomic E-state index is 0.465. The number of benzene rings is 2.